The molecule has 1 aromatic carbocycles. The highest BCUT2D eigenvalue weighted by Crippen LogP contribution is 2.29. The van der Waals surface area contributed by atoms with Gasteiger partial charge in [-0.1, -0.05) is 6.07 Å². The Hall–Kier alpha value is -2.07. The molecule has 7 heteroatoms. The first-order valence-corrected chi connectivity index (χ1v) is 4.96. The van der Waals surface area contributed by atoms with Crippen molar-refractivity contribution in [3.8, 4) is 6.07 Å². The average molecular weight is 256 g/mol. The Morgan fingerprint density at radius 2 is 2.22 bits per heavy atom. The number of carbonyl (C=O) groups excluding carboxylic acids is 1. The summed E-state index contributed by atoms with van der Waals surface area (Å²) < 4.78 is 40.5. The summed E-state index contributed by atoms with van der Waals surface area (Å²) in [6, 6.07) is 6.40. The number of nitriles is 1. The smallest absolute Gasteiger partial charge is 0.436 e. The third kappa shape index (κ3) is 2.28. The summed E-state index contributed by atoms with van der Waals surface area (Å²) in [5.74, 6) is -2.24. The van der Waals surface area contributed by atoms with Gasteiger partial charge in [-0.25, -0.2) is 4.79 Å². The van der Waals surface area contributed by atoms with E-state index in [1.165, 1.54) is 12.1 Å². The minimum absolute atomic E-state index is 0.251. The van der Waals surface area contributed by atoms with Crippen molar-refractivity contribution in [2.45, 2.75) is 18.9 Å². The molecule has 18 heavy (non-hydrogen) atoms. The predicted molar refractivity (Wildman–Crippen MR) is 52.9 cm³/mol. The number of ether oxygens (including phenoxy) is 1. The summed E-state index contributed by atoms with van der Waals surface area (Å²) in [7, 11) is 0. The highest BCUT2D eigenvalue weighted by molar-refractivity contribution is 5.76. The lowest BCUT2D eigenvalue weighted by atomic mass is 10.1. The Kier molecular flexibility index (Phi) is 2.97. The van der Waals surface area contributed by atoms with Crippen molar-refractivity contribution >= 4 is 5.97 Å². The molecule has 1 N–H and O–H groups in total. The van der Waals surface area contributed by atoms with Crippen molar-refractivity contribution in [1.82, 2.24) is 5.32 Å². The molecule has 0 aromatic heterocycles. The fourth-order valence-electron chi connectivity index (χ4n) is 1.68. The Morgan fingerprint density at radius 3 is 2.83 bits per heavy atom. The van der Waals surface area contributed by atoms with Gasteiger partial charge in [-0.15, -0.1) is 0 Å². The lowest BCUT2D eigenvalue weighted by Crippen LogP contribution is -2.30. The summed E-state index contributed by atoms with van der Waals surface area (Å²) in [4.78, 5) is 10.7. The molecule has 0 spiro atoms. The number of alkyl halides is 3. The van der Waals surface area contributed by atoms with Crippen LogP contribution in [-0.2, 0) is 16.1 Å². The normalized spacial score (nSPS) is 18.0. The van der Waals surface area contributed by atoms with Crippen LogP contribution in [-0.4, -0.2) is 12.1 Å². The molecule has 0 amide bonds. The number of carbonyl (C=O) groups is 1. The largest absolute Gasteiger partial charge is 0.490 e. The van der Waals surface area contributed by atoms with Crippen LogP contribution < -0.4 is 5.32 Å². The monoisotopic (exact) mass is 256 g/mol. The molecule has 94 valence electrons. The van der Waals surface area contributed by atoms with Crippen LogP contribution in [0.25, 0.3) is 0 Å². The van der Waals surface area contributed by atoms with Gasteiger partial charge in [0.1, 0.15) is 0 Å². The van der Waals surface area contributed by atoms with Gasteiger partial charge in [0, 0.05) is 12.1 Å². The molecule has 4 nitrogen and oxygen atoms in total. The third-order valence-corrected chi connectivity index (χ3v) is 2.49. The number of fused-ring (bicyclic) bond motifs is 1. The van der Waals surface area contributed by atoms with Crippen molar-refractivity contribution in [3.05, 3.63) is 34.9 Å². The van der Waals surface area contributed by atoms with Crippen molar-refractivity contribution in [3.63, 3.8) is 0 Å². The standard InChI is InChI=1S/C11H7F3N2O2/c12-11(13,14)10(17)18-9-8-2-1-6(4-15)3-7(8)5-16-9/h1-3,9,16H,5H2. The second-order valence-corrected chi connectivity index (χ2v) is 3.69. The van der Waals surface area contributed by atoms with Crippen molar-refractivity contribution in [1.29, 1.82) is 5.26 Å². The number of benzene rings is 1. The maximum Gasteiger partial charge on any atom is 0.490 e. The summed E-state index contributed by atoms with van der Waals surface area (Å²) in [6.07, 6.45) is -6.14. The molecule has 1 unspecified atom stereocenters. The molecule has 0 saturated heterocycles. The number of hydrogen-bond acceptors (Lipinski definition) is 4. The van der Waals surface area contributed by atoms with Crippen LogP contribution in [0.4, 0.5) is 13.2 Å². The van der Waals surface area contributed by atoms with Gasteiger partial charge in [-0.05, 0) is 17.7 Å². The molecular formula is C11H7F3N2O2. The number of nitrogens with zero attached hydrogens (tertiary/aromatic N) is 1. The van der Waals surface area contributed by atoms with E-state index in [-0.39, 0.29) is 6.54 Å². The molecule has 1 atom stereocenters. The third-order valence-electron chi connectivity index (χ3n) is 2.49. The molecule has 0 saturated carbocycles. The van der Waals surface area contributed by atoms with Crippen LogP contribution >= 0.6 is 0 Å². The van der Waals surface area contributed by atoms with E-state index in [0.717, 1.165) is 0 Å². The Balaban J connectivity index is 2.18. The minimum Gasteiger partial charge on any atom is -0.436 e. The van der Waals surface area contributed by atoms with Gasteiger partial charge in [0.15, 0.2) is 6.23 Å². The lowest BCUT2D eigenvalue weighted by Gasteiger charge is -2.14. The van der Waals surface area contributed by atoms with Gasteiger partial charge < -0.3 is 4.74 Å². The number of nitrogens with one attached hydrogen (secondary N) is 1. The summed E-state index contributed by atoms with van der Waals surface area (Å²) >= 11 is 0. The number of esters is 1. The van der Waals surface area contributed by atoms with E-state index >= 15 is 0 Å². The van der Waals surface area contributed by atoms with E-state index in [1.807, 2.05) is 6.07 Å². The topological polar surface area (TPSA) is 62.1 Å². The number of rotatable bonds is 1. The van der Waals surface area contributed by atoms with Crippen LogP contribution in [0.2, 0.25) is 0 Å². The van der Waals surface area contributed by atoms with Crippen LogP contribution in [0.3, 0.4) is 0 Å². The van der Waals surface area contributed by atoms with Crippen LogP contribution in [0.5, 0.6) is 0 Å². The number of hydrogen-bond donors (Lipinski definition) is 1. The zero-order chi connectivity index (χ0) is 13.3. The first-order valence-electron chi connectivity index (χ1n) is 4.96. The number of halogens is 3. The SMILES string of the molecule is N#Cc1ccc2c(c1)CNC2OC(=O)C(F)(F)F. The zero-order valence-corrected chi connectivity index (χ0v) is 8.91. The highest BCUT2D eigenvalue weighted by atomic mass is 19.4. The molecule has 1 aromatic rings. The lowest BCUT2D eigenvalue weighted by molar-refractivity contribution is -0.206. The second-order valence-electron chi connectivity index (χ2n) is 3.69. The van der Waals surface area contributed by atoms with E-state index in [2.05, 4.69) is 10.1 Å². The maximum absolute atomic E-state index is 12.1. The molecule has 2 rings (SSSR count). The Bertz CT molecular complexity index is 534. The molecule has 0 aliphatic carbocycles. The van der Waals surface area contributed by atoms with Crippen molar-refractivity contribution in [2.75, 3.05) is 0 Å². The van der Waals surface area contributed by atoms with E-state index in [1.54, 1.807) is 6.07 Å². The van der Waals surface area contributed by atoms with Gasteiger partial charge >= 0.3 is 12.1 Å². The highest BCUT2D eigenvalue weighted by Gasteiger charge is 2.43. The summed E-state index contributed by atoms with van der Waals surface area (Å²) in [5.41, 5.74) is 1.49. The fourth-order valence-corrected chi connectivity index (χ4v) is 1.68. The predicted octanol–water partition coefficient (Wildman–Crippen LogP) is 1.77. The van der Waals surface area contributed by atoms with Gasteiger partial charge in [-0.2, -0.15) is 18.4 Å². The van der Waals surface area contributed by atoms with Crippen molar-refractivity contribution in [2.24, 2.45) is 0 Å². The van der Waals surface area contributed by atoms with E-state index < -0.39 is 18.4 Å². The minimum atomic E-state index is -5.02. The quantitative estimate of drug-likeness (QED) is 0.778. The zero-order valence-electron chi connectivity index (χ0n) is 8.91. The fraction of sp³-hybridized carbons (Fsp3) is 0.273. The summed E-state index contributed by atoms with van der Waals surface area (Å²) in [5, 5.41) is 11.3. The first-order chi connectivity index (χ1) is 8.41. The van der Waals surface area contributed by atoms with Gasteiger partial charge in [0.25, 0.3) is 0 Å². The molecule has 1 aliphatic rings. The molecule has 1 aliphatic heterocycles. The molecule has 0 radical (unpaired) electrons. The molecule has 0 bridgehead atoms. The second kappa shape index (κ2) is 4.31. The first kappa shape index (κ1) is 12.4. The van der Waals surface area contributed by atoms with E-state index in [9.17, 15) is 18.0 Å². The van der Waals surface area contributed by atoms with Crippen LogP contribution in [0.15, 0.2) is 18.2 Å². The summed E-state index contributed by atoms with van der Waals surface area (Å²) in [6.45, 7) is 0.251. The molecule has 0 fully saturated rings. The Morgan fingerprint density at radius 1 is 1.50 bits per heavy atom. The van der Waals surface area contributed by atoms with Crippen molar-refractivity contribution < 1.29 is 22.7 Å². The van der Waals surface area contributed by atoms with Gasteiger partial charge in [-0.3, -0.25) is 5.32 Å². The van der Waals surface area contributed by atoms with Crippen LogP contribution in [0.1, 0.15) is 22.9 Å². The molecular weight excluding hydrogens is 249 g/mol. The Labute approximate surface area is 100.0 Å². The molecule has 1 heterocycles. The average Bonchev–Trinajstić information content (AvgIpc) is 2.70. The van der Waals surface area contributed by atoms with Crippen LogP contribution in [0, 0.1) is 11.3 Å². The van der Waals surface area contributed by atoms with Gasteiger partial charge in [0.2, 0.25) is 0 Å². The van der Waals surface area contributed by atoms with E-state index in [0.29, 0.717) is 16.7 Å². The van der Waals surface area contributed by atoms with Gasteiger partial charge in [0.05, 0.1) is 11.6 Å². The van der Waals surface area contributed by atoms with E-state index in [4.69, 9.17) is 5.26 Å². The maximum atomic E-state index is 12.1.